The summed E-state index contributed by atoms with van der Waals surface area (Å²) in [5.41, 5.74) is 1.21. The smallest absolute Gasteiger partial charge is 0.369 e. The maximum Gasteiger partial charge on any atom is 0.389 e. The lowest BCUT2D eigenvalue weighted by atomic mass is 9.86. The van der Waals surface area contributed by atoms with Gasteiger partial charge in [0.1, 0.15) is 17.8 Å². The zero-order chi connectivity index (χ0) is 23.2. The molecular weight excluding hydrogens is 433 g/mol. The van der Waals surface area contributed by atoms with E-state index in [2.05, 4.69) is 10.3 Å². The number of aliphatic imine (C=N–C) groups is 1. The predicted molar refractivity (Wildman–Crippen MR) is 106 cm³/mol. The standard InChI is InChI=1S/C21H18F5N5O/c1-30-10-12(18(30)17-13(22)3-2-4-14(17)23)11-5-6-15-28-20(31(15)9-11)19(27)29-16(32)7-8-21(24,25)26/h2-6,9-10,15,18H,7-8H2,1H3,(H2,27,29,32). The number of nitrogens with one attached hydrogen (secondary N) is 2. The summed E-state index contributed by atoms with van der Waals surface area (Å²) in [6.07, 6.45) is -0.147. The number of halogens is 5. The predicted octanol–water partition coefficient (Wildman–Crippen LogP) is 3.77. The highest BCUT2D eigenvalue weighted by atomic mass is 19.4. The Bertz CT molecular complexity index is 1080. The molecule has 2 unspecified atom stereocenters. The molecular formula is C21H18F5N5O. The van der Waals surface area contributed by atoms with Crippen molar-refractivity contribution in [1.29, 1.82) is 5.41 Å². The van der Waals surface area contributed by atoms with E-state index in [4.69, 9.17) is 5.41 Å². The van der Waals surface area contributed by atoms with Gasteiger partial charge in [0, 0.05) is 31.4 Å². The number of nitrogens with zero attached hydrogens (tertiary/aromatic N) is 3. The summed E-state index contributed by atoms with van der Waals surface area (Å²) in [5.74, 6) is -2.61. The van der Waals surface area contributed by atoms with Gasteiger partial charge in [0.05, 0.1) is 18.0 Å². The second-order valence-corrected chi connectivity index (χ2v) is 7.54. The van der Waals surface area contributed by atoms with Crippen molar-refractivity contribution in [3.63, 3.8) is 0 Å². The van der Waals surface area contributed by atoms with E-state index in [1.165, 1.54) is 18.2 Å². The first-order chi connectivity index (χ1) is 15.0. The molecule has 3 aliphatic rings. The van der Waals surface area contributed by atoms with Gasteiger partial charge in [-0.1, -0.05) is 12.1 Å². The third kappa shape index (κ3) is 4.02. The zero-order valence-corrected chi connectivity index (χ0v) is 16.8. The van der Waals surface area contributed by atoms with Crippen molar-refractivity contribution < 1.29 is 26.7 Å². The number of alkyl halides is 3. The number of carbonyl (C=O) groups is 1. The highest BCUT2D eigenvalue weighted by Crippen LogP contribution is 2.43. The Morgan fingerprint density at radius 1 is 1.22 bits per heavy atom. The number of carbonyl (C=O) groups excluding carboxylic acids is 1. The van der Waals surface area contributed by atoms with Crippen LogP contribution < -0.4 is 5.32 Å². The second kappa shape index (κ2) is 7.88. The number of fused-ring (bicyclic) bond motifs is 1. The summed E-state index contributed by atoms with van der Waals surface area (Å²) in [6, 6.07) is 3.02. The zero-order valence-electron chi connectivity index (χ0n) is 16.8. The molecule has 1 amide bonds. The quantitative estimate of drug-likeness (QED) is 0.407. The molecule has 0 radical (unpaired) electrons. The lowest BCUT2D eigenvalue weighted by Crippen LogP contribution is -2.53. The monoisotopic (exact) mass is 451 g/mol. The van der Waals surface area contributed by atoms with Crippen molar-refractivity contribution in [3.8, 4) is 0 Å². The lowest BCUT2D eigenvalue weighted by Gasteiger charge is -2.43. The van der Waals surface area contributed by atoms with Crippen molar-refractivity contribution in [3.05, 3.63) is 71.1 Å². The molecule has 3 heterocycles. The fraction of sp³-hybridized carbons (Fsp3) is 0.286. The molecule has 0 aromatic heterocycles. The fourth-order valence-corrected chi connectivity index (χ4v) is 3.72. The van der Waals surface area contributed by atoms with Crippen LogP contribution in [0.25, 0.3) is 0 Å². The van der Waals surface area contributed by atoms with E-state index >= 15 is 0 Å². The molecule has 3 aliphatic heterocycles. The minimum Gasteiger partial charge on any atom is -0.369 e. The van der Waals surface area contributed by atoms with Crippen LogP contribution in [0.3, 0.4) is 0 Å². The van der Waals surface area contributed by atoms with E-state index in [-0.39, 0.29) is 11.4 Å². The van der Waals surface area contributed by atoms with Crippen LogP contribution in [0.4, 0.5) is 22.0 Å². The van der Waals surface area contributed by atoms with Gasteiger partial charge in [0.25, 0.3) is 0 Å². The molecule has 0 aliphatic carbocycles. The maximum atomic E-state index is 14.3. The van der Waals surface area contributed by atoms with Gasteiger partial charge >= 0.3 is 6.18 Å². The van der Waals surface area contributed by atoms with Gasteiger partial charge in [0.15, 0.2) is 11.7 Å². The number of benzene rings is 1. The topological polar surface area (TPSA) is 71.8 Å². The molecule has 11 heteroatoms. The number of rotatable bonds is 5. The average Bonchev–Trinajstić information content (AvgIpc) is 2.68. The van der Waals surface area contributed by atoms with Crippen LogP contribution in [0.15, 0.2) is 58.9 Å². The Labute approximate surface area is 179 Å². The minimum atomic E-state index is -4.47. The highest BCUT2D eigenvalue weighted by molar-refractivity contribution is 6.43. The van der Waals surface area contributed by atoms with Crippen LogP contribution >= 0.6 is 0 Å². The van der Waals surface area contributed by atoms with E-state index in [9.17, 15) is 26.7 Å². The van der Waals surface area contributed by atoms with Crippen LogP contribution in [0.5, 0.6) is 0 Å². The Morgan fingerprint density at radius 2 is 1.91 bits per heavy atom. The minimum absolute atomic E-state index is 0.0777. The number of hydrogen-bond acceptors (Lipinski definition) is 5. The maximum absolute atomic E-state index is 14.3. The van der Waals surface area contributed by atoms with Crippen molar-refractivity contribution in [2.75, 3.05) is 7.05 Å². The van der Waals surface area contributed by atoms with Crippen LogP contribution in [0.1, 0.15) is 24.4 Å². The van der Waals surface area contributed by atoms with Gasteiger partial charge in [0.2, 0.25) is 5.91 Å². The molecule has 0 saturated heterocycles. The van der Waals surface area contributed by atoms with Gasteiger partial charge < -0.3 is 15.1 Å². The molecule has 1 aromatic rings. The van der Waals surface area contributed by atoms with Crippen molar-refractivity contribution >= 4 is 17.6 Å². The van der Waals surface area contributed by atoms with Gasteiger partial charge in [-0.3, -0.25) is 10.2 Å². The van der Waals surface area contributed by atoms with E-state index in [0.717, 1.165) is 0 Å². The van der Waals surface area contributed by atoms with E-state index in [0.29, 0.717) is 11.1 Å². The summed E-state index contributed by atoms with van der Waals surface area (Å²) in [5, 5.41) is 10.1. The molecule has 2 N–H and O–H groups in total. The summed E-state index contributed by atoms with van der Waals surface area (Å²) >= 11 is 0. The lowest BCUT2D eigenvalue weighted by molar-refractivity contribution is -0.143. The second-order valence-electron chi connectivity index (χ2n) is 7.54. The van der Waals surface area contributed by atoms with Crippen molar-refractivity contribution in [2.45, 2.75) is 31.2 Å². The molecule has 0 spiro atoms. The SMILES string of the molecule is CN1C=C(C2=CN3C(C(=N)NC(=O)CCC(F)(F)F)=NC3C=C2)C1c1c(F)cccc1F. The summed E-state index contributed by atoms with van der Waals surface area (Å²) < 4.78 is 65.4. The number of amidine groups is 2. The molecule has 2 atom stereocenters. The molecule has 32 heavy (non-hydrogen) atoms. The first kappa shape index (κ1) is 21.7. The van der Waals surface area contributed by atoms with Gasteiger partial charge in [-0.25, -0.2) is 13.8 Å². The molecule has 168 valence electrons. The third-order valence-corrected chi connectivity index (χ3v) is 5.28. The summed E-state index contributed by atoms with van der Waals surface area (Å²) in [6.45, 7) is 0. The fourth-order valence-electron chi connectivity index (χ4n) is 3.72. The van der Waals surface area contributed by atoms with Crippen LogP contribution in [-0.2, 0) is 4.79 Å². The molecule has 0 fully saturated rings. The van der Waals surface area contributed by atoms with Gasteiger partial charge in [-0.15, -0.1) is 0 Å². The Balaban J connectivity index is 1.47. The van der Waals surface area contributed by atoms with E-state index in [1.54, 1.807) is 41.4 Å². The molecule has 6 nitrogen and oxygen atoms in total. The number of allylic oxidation sites excluding steroid dienone is 1. The third-order valence-electron chi connectivity index (χ3n) is 5.28. The molecule has 1 aromatic carbocycles. The first-order valence-electron chi connectivity index (χ1n) is 9.65. The van der Waals surface area contributed by atoms with E-state index in [1.807, 2.05) is 0 Å². The summed E-state index contributed by atoms with van der Waals surface area (Å²) in [4.78, 5) is 19.1. The van der Waals surface area contributed by atoms with E-state index < -0.39 is 54.6 Å². The number of hydrogen-bond donors (Lipinski definition) is 2. The molecule has 4 rings (SSSR count). The number of amides is 1. The van der Waals surface area contributed by atoms with Gasteiger partial charge in [-0.05, 0) is 23.8 Å². The average molecular weight is 451 g/mol. The Kier molecular flexibility index (Phi) is 5.35. The molecule has 0 saturated carbocycles. The molecule has 0 bridgehead atoms. The van der Waals surface area contributed by atoms with Crippen LogP contribution in [0, 0.1) is 17.0 Å². The largest absolute Gasteiger partial charge is 0.389 e. The van der Waals surface area contributed by atoms with Gasteiger partial charge in [-0.2, -0.15) is 13.2 Å². The van der Waals surface area contributed by atoms with Crippen molar-refractivity contribution in [2.24, 2.45) is 4.99 Å². The van der Waals surface area contributed by atoms with Crippen LogP contribution in [-0.4, -0.2) is 46.8 Å². The Morgan fingerprint density at radius 3 is 2.53 bits per heavy atom. The highest BCUT2D eigenvalue weighted by Gasteiger charge is 2.38. The Hall–Kier alpha value is -3.50. The van der Waals surface area contributed by atoms with Crippen LogP contribution in [0.2, 0.25) is 0 Å². The first-order valence-corrected chi connectivity index (χ1v) is 9.65. The number of likely N-dealkylation sites (N-methyl/N-ethyl adjacent to an activating group) is 1. The normalized spacial score (nSPS) is 21.6. The summed E-state index contributed by atoms with van der Waals surface area (Å²) in [7, 11) is 1.69. The van der Waals surface area contributed by atoms with Crippen molar-refractivity contribution in [1.82, 2.24) is 15.1 Å².